The Bertz CT molecular complexity index is 1530. The zero-order valence-corrected chi connectivity index (χ0v) is 23.9. The second-order valence-electron chi connectivity index (χ2n) is 10.8. The van der Waals surface area contributed by atoms with Crippen molar-refractivity contribution in [2.45, 2.75) is 12.5 Å². The number of anilines is 1. The van der Waals surface area contributed by atoms with Gasteiger partial charge in [0.15, 0.2) is 0 Å². The van der Waals surface area contributed by atoms with Crippen LogP contribution in [0.2, 0.25) is 0 Å². The quantitative estimate of drug-likeness (QED) is 0.462. The van der Waals surface area contributed by atoms with E-state index in [0.717, 1.165) is 87.0 Å². The molecule has 1 unspecified atom stereocenters. The molecule has 3 aromatic heterocycles. The van der Waals surface area contributed by atoms with E-state index < -0.39 is 0 Å². The first-order valence-electron chi connectivity index (χ1n) is 14.4. The van der Waals surface area contributed by atoms with Crippen LogP contribution in [0.4, 0.5) is 10.6 Å². The number of allylic oxidation sites excluding steroid dienone is 1. The first-order valence-corrected chi connectivity index (χ1v) is 14.4. The van der Waals surface area contributed by atoms with Crippen LogP contribution in [0, 0.1) is 11.3 Å². The number of hydrogen-bond donors (Lipinski definition) is 1. The van der Waals surface area contributed by atoms with Gasteiger partial charge in [0.25, 0.3) is 0 Å². The molecule has 218 valence electrons. The van der Waals surface area contributed by atoms with E-state index in [-0.39, 0.29) is 6.03 Å². The second-order valence-corrected chi connectivity index (χ2v) is 10.8. The third-order valence-corrected chi connectivity index (χ3v) is 8.44. The fourth-order valence-electron chi connectivity index (χ4n) is 6.15. The summed E-state index contributed by atoms with van der Waals surface area (Å²) in [6.07, 6.45) is 9.46. The summed E-state index contributed by atoms with van der Waals surface area (Å²) in [6, 6.07) is 8.83. The highest BCUT2D eigenvalue weighted by atomic mass is 16.5. The summed E-state index contributed by atoms with van der Waals surface area (Å²) in [6.45, 7) is 7.86. The fourth-order valence-corrected chi connectivity index (χ4v) is 6.15. The highest BCUT2D eigenvalue weighted by molar-refractivity contribution is 6.10. The number of likely N-dealkylation sites (tertiary alicyclic amines) is 1. The number of nitrogens with zero attached hydrogens (tertiary/aromatic N) is 9. The molecule has 3 fully saturated rings. The Morgan fingerprint density at radius 1 is 1.12 bits per heavy atom. The molecule has 1 atom stereocenters. The average molecular weight is 569 g/mol. The van der Waals surface area contributed by atoms with Gasteiger partial charge in [-0.2, -0.15) is 10.4 Å². The van der Waals surface area contributed by atoms with E-state index >= 15 is 0 Å². The molecule has 0 saturated carbocycles. The SMILES string of the molecule is CN=CC(=CN)c1cc(-c2ccc(N3CCN(C(=O)N4CCC(N5CCOCC5)C4)CC3)nc2)c2c(C#N)cnn2c1. The lowest BCUT2D eigenvalue weighted by Gasteiger charge is -2.37. The Hall–Kier alpha value is -4.47. The molecular weight excluding hydrogens is 532 g/mol. The molecule has 42 heavy (non-hydrogen) atoms. The lowest BCUT2D eigenvalue weighted by atomic mass is 10.0. The van der Waals surface area contributed by atoms with Crippen LogP contribution in [0.3, 0.4) is 0 Å². The number of hydrogen-bond acceptors (Lipinski definition) is 9. The Balaban J connectivity index is 1.13. The van der Waals surface area contributed by atoms with E-state index in [4.69, 9.17) is 15.5 Å². The van der Waals surface area contributed by atoms with Crippen LogP contribution in [0.5, 0.6) is 0 Å². The maximum absolute atomic E-state index is 13.3. The summed E-state index contributed by atoms with van der Waals surface area (Å²) >= 11 is 0. The summed E-state index contributed by atoms with van der Waals surface area (Å²) in [5, 5.41) is 14.1. The molecule has 3 aliphatic rings. The van der Waals surface area contributed by atoms with Crippen molar-refractivity contribution in [3.8, 4) is 17.2 Å². The predicted molar refractivity (Wildman–Crippen MR) is 161 cm³/mol. The summed E-state index contributed by atoms with van der Waals surface area (Å²) in [5.74, 6) is 0.862. The van der Waals surface area contributed by atoms with E-state index in [0.29, 0.717) is 30.2 Å². The van der Waals surface area contributed by atoms with E-state index in [1.807, 2.05) is 40.4 Å². The van der Waals surface area contributed by atoms with Crippen LogP contribution < -0.4 is 10.6 Å². The third-order valence-electron chi connectivity index (χ3n) is 8.44. The molecule has 2 amide bonds. The molecule has 3 saturated heterocycles. The smallest absolute Gasteiger partial charge is 0.320 e. The Labute approximate surface area is 245 Å². The number of morpholine rings is 1. The molecule has 6 heterocycles. The predicted octanol–water partition coefficient (Wildman–Crippen LogP) is 1.92. The van der Waals surface area contributed by atoms with Gasteiger partial charge < -0.3 is 25.2 Å². The number of aromatic nitrogens is 3. The number of piperazine rings is 1. The number of rotatable bonds is 5. The van der Waals surface area contributed by atoms with Gasteiger partial charge in [-0.15, -0.1) is 0 Å². The maximum atomic E-state index is 13.3. The van der Waals surface area contributed by atoms with Crippen LogP contribution in [0.25, 0.3) is 22.2 Å². The van der Waals surface area contributed by atoms with Gasteiger partial charge in [-0.05, 0) is 24.6 Å². The number of nitriles is 1. The molecule has 3 aliphatic heterocycles. The van der Waals surface area contributed by atoms with Crippen molar-refractivity contribution in [2.75, 3.05) is 77.5 Å². The largest absolute Gasteiger partial charge is 0.404 e. The molecule has 2 N–H and O–H groups in total. The van der Waals surface area contributed by atoms with Crippen LogP contribution in [-0.2, 0) is 4.74 Å². The molecule has 6 rings (SSSR count). The molecular formula is C30H36N10O2. The van der Waals surface area contributed by atoms with Crippen molar-refractivity contribution in [2.24, 2.45) is 10.7 Å². The van der Waals surface area contributed by atoms with Crippen LogP contribution in [0.1, 0.15) is 17.5 Å². The van der Waals surface area contributed by atoms with E-state index in [1.54, 1.807) is 24.0 Å². The van der Waals surface area contributed by atoms with Gasteiger partial charge in [-0.3, -0.25) is 9.89 Å². The highest BCUT2D eigenvalue weighted by Crippen LogP contribution is 2.31. The monoisotopic (exact) mass is 568 g/mol. The van der Waals surface area contributed by atoms with Crippen molar-refractivity contribution >= 4 is 29.2 Å². The van der Waals surface area contributed by atoms with E-state index in [2.05, 4.69) is 26.0 Å². The zero-order chi connectivity index (χ0) is 29.1. The average Bonchev–Trinajstić information content (AvgIpc) is 3.71. The molecule has 0 spiro atoms. The van der Waals surface area contributed by atoms with Crippen LogP contribution >= 0.6 is 0 Å². The van der Waals surface area contributed by atoms with Crippen molar-refractivity contribution < 1.29 is 9.53 Å². The molecule has 12 nitrogen and oxygen atoms in total. The fraction of sp³-hybridized carbons (Fsp3) is 0.433. The van der Waals surface area contributed by atoms with E-state index in [9.17, 15) is 10.1 Å². The van der Waals surface area contributed by atoms with Gasteiger partial charge in [0.2, 0.25) is 0 Å². The Morgan fingerprint density at radius 2 is 1.93 bits per heavy atom. The molecule has 0 aromatic carbocycles. The minimum atomic E-state index is 0.144. The third kappa shape index (κ3) is 5.41. The van der Waals surface area contributed by atoms with Crippen molar-refractivity contribution in [1.29, 1.82) is 5.26 Å². The number of ether oxygens (including phenoxy) is 1. The molecule has 3 aromatic rings. The van der Waals surface area contributed by atoms with Crippen molar-refractivity contribution in [3.63, 3.8) is 0 Å². The number of pyridine rings is 2. The number of urea groups is 1. The normalized spacial score (nSPS) is 20.5. The van der Waals surface area contributed by atoms with Crippen LogP contribution in [-0.4, -0.2) is 120 Å². The number of carbonyl (C=O) groups is 1. The summed E-state index contributed by atoms with van der Waals surface area (Å²) in [5.41, 5.74) is 10.3. The Kier molecular flexibility index (Phi) is 8.03. The number of carbonyl (C=O) groups excluding carboxylic acids is 1. The van der Waals surface area contributed by atoms with Crippen molar-refractivity contribution in [3.05, 3.63) is 54.1 Å². The van der Waals surface area contributed by atoms with Gasteiger partial charge in [0.05, 0.1) is 30.5 Å². The first-order chi connectivity index (χ1) is 20.6. The number of fused-ring (bicyclic) bond motifs is 1. The number of nitrogens with two attached hydrogens (primary N) is 1. The van der Waals surface area contributed by atoms with Crippen LogP contribution in [0.15, 0.2) is 48.0 Å². The topological polar surface area (TPSA) is 132 Å². The summed E-state index contributed by atoms with van der Waals surface area (Å²) < 4.78 is 7.19. The minimum Gasteiger partial charge on any atom is -0.404 e. The molecule has 12 heteroatoms. The highest BCUT2D eigenvalue weighted by Gasteiger charge is 2.34. The maximum Gasteiger partial charge on any atom is 0.320 e. The second kappa shape index (κ2) is 12.2. The molecule has 0 radical (unpaired) electrons. The summed E-state index contributed by atoms with van der Waals surface area (Å²) in [4.78, 5) is 30.8. The number of amides is 2. The molecule has 0 aliphatic carbocycles. The Morgan fingerprint density at radius 3 is 2.62 bits per heavy atom. The van der Waals surface area contributed by atoms with Crippen molar-refractivity contribution in [1.82, 2.24) is 29.3 Å². The lowest BCUT2D eigenvalue weighted by Crippen LogP contribution is -2.53. The molecule has 0 bridgehead atoms. The summed E-state index contributed by atoms with van der Waals surface area (Å²) in [7, 11) is 1.69. The number of aliphatic imine (C=N–C) groups is 1. The minimum absolute atomic E-state index is 0.144. The van der Waals surface area contributed by atoms with E-state index in [1.165, 1.54) is 6.20 Å². The van der Waals surface area contributed by atoms with Gasteiger partial charge in [0.1, 0.15) is 11.9 Å². The zero-order valence-electron chi connectivity index (χ0n) is 23.9. The van der Waals surface area contributed by atoms with Gasteiger partial charge in [0, 0.05) is 113 Å². The van der Waals surface area contributed by atoms with Gasteiger partial charge >= 0.3 is 6.03 Å². The standard InChI is InChI=1S/C30H36N10O2/c1-33-17-24(15-31)23-14-27(29-25(16-32)19-35-40(29)20-23)22-2-3-28(34-18-22)37-6-8-38(9-7-37)30(41)39-5-4-26(21-39)36-10-12-42-13-11-36/h2-3,14-15,17-20,26H,4-13,21,31H2,1H3. The lowest BCUT2D eigenvalue weighted by molar-refractivity contribution is 0.0188. The first kappa shape index (κ1) is 27.7. The van der Waals surface area contributed by atoms with Gasteiger partial charge in [-0.25, -0.2) is 14.3 Å². The van der Waals surface area contributed by atoms with Gasteiger partial charge in [-0.1, -0.05) is 0 Å².